The number of aryl methyl sites for hydroxylation is 2. The van der Waals surface area contributed by atoms with Crippen LogP contribution in [-0.4, -0.2) is 28.7 Å². The zero-order valence-electron chi connectivity index (χ0n) is 14.6. The van der Waals surface area contributed by atoms with Crippen LogP contribution in [0.4, 0.5) is 13.2 Å². The molecule has 11 heteroatoms. The molecule has 0 saturated carbocycles. The van der Waals surface area contributed by atoms with Gasteiger partial charge in [-0.05, 0) is 24.6 Å². The number of halogens is 3. The summed E-state index contributed by atoms with van der Waals surface area (Å²) in [4.78, 5) is 7.71. The van der Waals surface area contributed by atoms with Crippen molar-refractivity contribution in [1.29, 1.82) is 0 Å². The lowest BCUT2D eigenvalue weighted by Gasteiger charge is -2.13. The fraction of sp³-hybridized carbons (Fsp3) is 0.312. The first-order valence-electron chi connectivity index (χ1n) is 7.82. The van der Waals surface area contributed by atoms with Crippen LogP contribution in [-0.2, 0) is 23.1 Å². The average Bonchev–Trinajstić information content (AvgIpc) is 2.89. The number of fused-ring (bicyclic) bond motifs is 1. The summed E-state index contributed by atoms with van der Waals surface area (Å²) in [5, 5.41) is 12.4. The van der Waals surface area contributed by atoms with Gasteiger partial charge in [0.05, 0.1) is 5.75 Å². The molecule has 0 atom stereocenters. The minimum absolute atomic E-state index is 0.0844. The standard InChI is InChI=1S/C16H15F3N4O3S/c1-4-27(25,26)12-6-10(16(17,18)19)8-23(24)13(12)15-21-11-5-9(2)7-20-14(11)22(15)3/h5-8H,4H2,1-3H3. The van der Waals surface area contributed by atoms with Gasteiger partial charge in [0, 0.05) is 13.2 Å². The number of sulfone groups is 1. The average molecular weight is 400 g/mol. The van der Waals surface area contributed by atoms with Crippen LogP contribution in [0.1, 0.15) is 18.1 Å². The fourth-order valence-electron chi connectivity index (χ4n) is 2.69. The van der Waals surface area contributed by atoms with Crippen LogP contribution in [0.15, 0.2) is 29.4 Å². The van der Waals surface area contributed by atoms with E-state index in [1.54, 1.807) is 19.2 Å². The third kappa shape index (κ3) is 3.22. The highest BCUT2D eigenvalue weighted by molar-refractivity contribution is 7.91. The zero-order valence-corrected chi connectivity index (χ0v) is 15.4. The van der Waals surface area contributed by atoms with Crippen molar-refractivity contribution in [1.82, 2.24) is 14.5 Å². The molecule has 0 bridgehead atoms. The topological polar surface area (TPSA) is 91.8 Å². The first-order valence-corrected chi connectivity index (χ1v) is 9.47. The monoisotopic (exact) mass is 400 g/mol. The minimum Gasteiger partial charge on any atom is -0.618 e. The number of nitrogens with zero attached hydrogens (tertiary/aromatic N) is 4. The van der Waals surface area contributed by atoms with Gasteiger partial charge in [0.1, 0.15) is 16.0 Å². The molecule has 27 heavy (non-hydrogen) atoms. The van der Waals surface area contributed by atoms with Gasteiger partial charge in [-0.3, -0.25) is 0 Å². The molecule has 0 fully saturated rings. The highest BCUT2D eigenvalue weighted by Gasteiger charge is 2.38. The third-order valence-electron chi connectivity index (χ3n) is 4.10. The first-order chi connectivity index (χ1) is 12.5. The Morgan fingerprint density at radius 1 is 1.30 bits per heavy atom. The van der Waals surface area contributed by atoms with Crippen molar-refractivity contribution in [3.63, 3.8) is 0 Å². The molecule has 0 aliphatic carbocycles. The van der Waals surface area contributed by atoms with Gasteiger partial charge < -0.3 is 9.77 Å². The van der Waals surface area contributed by atoms with E-state index in [2.05, 4.69) is 9.97 Å². The quantitative estimate of drug-likeness (QED) is 0.497. The third-order valence-corrected chi connectivity index (χ3v) is 5.84. The Balaban J connectivity index is 2.41. The van der Waals surface area contributed by atoms with E-state index < -0.39 is 37.9 Å². The van der Waals surface area contributed by atoms with E-state index in [0.717, 1.165) is 5.56 Å². The van der Waals surface area contributed by atoms with E-state index in [0.29, 0.717) is 23.4 Å². The molecule has 3 heterocycles. The molecular weight excluding hydrogens is 385 g/mol. The molecule has 0 unspecified atom stereocenters. The molecule has 0 aromatic carbocycles. The number of imidazole rings is 1. The molecule has 0 aliphatic rings. The normalized spacial score (nSPS) is 12.7. The van der Waals surface area contributed by atoms with Gasteiger partial charge in [0.2, 0.25) is 5.82 Å². The fourth-order valence-corrected chi connectivity index (χ4v) is 3.78. The van der Waals surface area contributed by atoms with Crippen LogP contribution < -0.4 is 4.73 Å². The summed E-state index contributed by atoms with van der Waals surface area (Å²) in [7, 11) is -2.63. The molecule has 3 rings (SSSR count). The van der Waals surface area contributed by atoms with Crippen molar-refractivity contribution in [2.75, 3.05) is 5.75 Å². The smallest absolute Gasteiger partial charge is 0.422 e. The number of aromatic nitrogens is 4. The molecule has 144 valence electrons. The lowest BCUT2D eigenvalue weighted by molar-refractivity contribution is -0.597. The van der Waals surface area contributed by atoms with E-state index in [1.165, 1.54) is 18.5 Å². The number of hydrogen-bond donors (Lipinski definition) is 0. The summed E-state index contributed by atoms with van der Waals surface area (Å²) in [5.74, 6) is -0.554. The summed E-state index contributed by atoms with van der Waals surface area (Å²) in [6.45, 7) is 3.06. The zero-order chi connectivity index (χ0) is 20.1. The lowest BCUT2D eigenvalue weighted by atomic mass is 10.2. The Bertz CT molecular complexity index is 1150. The van der Waals surface area contributed by atoms with Crippen molar-refractivity contribution >= 4 is 21.0 Å². The SMILES string of the molecule is CCS(=O)(=O)c1cc(C(F)(F)F)c[n+]([O-])c1-c1nc2cc(C)cnc2n1C. The second-order valence-electron chi connectivity index (χ2n) is 6.02. The van der Waals surface area contributed by atoms with Crippen molar-refractivity contribution in [3.8, 4) is 11.5 Å². The van der Waals surface area contributed by atoms with E-state index in [1.807, 2.05) is 0 Å². The first kappa shape index (κ1) is 19.1. The van der Waals surface area contributed by atoms with Gasteiger partial charge >= 0.3 is 6.18 Å². The molecule has 0 spiro atoms. The summed E-state index contributed by atoms with van der Waals surface area (Å²) in [6.07, 6.45) is -2.99. The van der Waals surface area contributed by atoms with E-state index in [9.17, 15) is 26.8 Å². The number of pyridine rings is 2. The highest BCUT2D eigenvalue weighted by Crippen LogP contribution is 2.33. The number of alkyl halides is 3. The Kier molecular flexibility index (Phi) is 4.37. The van der Waals surface area contributed by atoms with E-state index in [-0.39, 0.29) is 10.6 Å². The van der Waals surface area contributed by atoms with Gasteiger partial charge in [0.15, 0.2) is 21.7 Å². The second kappa shape index (κ2) is 6.19. The molecule has 3 aromatic heterocycles. The Hall–Kier alpha value is -2.69. The summed E-state index contributed by atoms with van der Waals surface area (Å²) >= 11 is 0. The second-order valence-corrected chi connectivity index (χ2v) is 8.27. The summed E-state index contributed by atoms with van der Waals surface area (Å²) in [5.41, 5.74) is -0.262. The highest BCUT2D eigenvalue weighted by atomic mass is 32.2. The summed E-state index contributed by atoms with van der Waals surface area (Å²) < 4.78 is 65.4. The van der Waals surface area contributed by atoms with Gasteiger partial charge in [-0.2, -0.15) is 17.9 Å². The molecule has 0 N–H and O–H groups in total. The summed E-state index contributed by atoms with van der Waals surface area (Å²) in [6, 6.07) is 2.15. The molecule has 0 amide bonds. The predicted octanol–water partition coefficient (Wildman–Crippen LogP) is 2.39. The van der Waals surface area contributed by atoms with Crippen LogP contribution in [0.2, 0.25) is 0 Å². The van der Waals surface area contributed by atoms with Crippen LogP contribution in [0.3, 0.4) is 0 Å². The maximum absolute atomic E-state index is 13.1. The van der Waals surface area contributed by atoms with E-state index in [4.69, 9.17) is 0 Å². The molecule has 0 aliphatic heterocycles. The van der Waals surface area contributed by atoms with Crippen LogP contribution in [0.25, 0.3) is 22.7 Å². The van der Waals surface area contributed by atoms with Crippen molar-refractivity contribution in [2.24, 2.45) is 7.05 Å². The van der Waals surface area contributed by atoms with Crippen LogP contribution in [0, 0.1) is 12.1 Å². The van der Waals surface area contributed by atoms with E-state index >= 15 is 0 Å². The van der Waals surface area contributed by atoms with Crippen LogP contribution >= 0.6 is 0 Å². The van der Waals surface area contributed by atoms with Crippen molar-refractivity contribution in [2.45, 2.75) is 24.9 Å². The minimum atomic E-state index is -4.87. The van der Waals surface area contributed by atoms with Gasteiger partial charge in [0.25, 0.3) is 5.69 Å². The number of rotatable bonds is 3. The lowest BCUT2D eigenvalue weighted by Crippen LogP contribution is -2.34. The Morgan fingerprint density at radius 3 is 2.56 bits per heavy atom. The van der Waals surface area contributed by atoms with Gasteiger partial charge in [-0.25, -0.2) is 18.4 Å². The molecule has 7 nitrogen and oxygen atoms in total. The molecule has 0 saturated heterocycles. The molecular formula is C16H15F3N4O3S. The largest absolute Gasteiger partial charge is 0.618 e. The van der Waals surface area contributed by atoms with Crippen molar-refractivity contribution < 1.29 is 26.3 Å². The maximum atomic E-state index is 13.1. The van der Waals surface area contributed by atoms with Crippen LogP contribution in [0.5, 0.6) is 0 Å². The molecule has 3 aromatic rings. The van der Waals surface area contributed by atoms with Crippen molar-refractivity contribution in [3.05, 3.63) is 40.9 Å². The maximum Gasteiger partial charge on any atom is 0.422 e. The molecule has 0 radical (unpaired) electrons. The Labute approximate surface area is 152 Å². The Morgan fingerprint density at radius 2 is 1.96 bits per heavy atom. The predicted molar refractivity (Wildman–Crippen MR) is 90.4 cm³/mol. The van der Waals surface area contributed by atoms with Gasteiger partial charge in [-0.15, -0.1) is 0 Å². The van der Waals surface area contributed by atoms with Gasteiger partial charge in [-0.1, -0.05) is 6.92 Å². The number of hydrogen-bond acceptors (Lipinski definition) is 5.